The zero-order valence-electron chi connectivity index (χ0n) is 13.6. The van der Waals surface area contributed by atoms with E-state index >= 15 is 0 Å². The molecule has 23 heavy (non-hydrogen) atoms. The summed E-state index contributed by atoms with van der Waals surface area (Å²) in [6.45, 7) is 4.32. The zero-order valence-corrected chi connectivity index (χ0v) is 13.6. The van der Waals surface area contributed by atoms with Crippen LogP contribution in [0, 0.1) is 13.8 Å². The summed E-state index contributed by atoms with van der Waals surface area (Å²) in [7, 11) is 0. The number of carbonyl (C=O) groups is 2. The van der Waals surface area contributed by atoms with Crippen LogP contribution in [0.5, 0.6) is 0 Å². The van der Waals surface area contributed by atoms with Gasteiger partial charge in [-0.05, 0) is 36.6 Å². The number of anilines is 1. The van der Waals surface area contributed by atoms with Crippen LogP contribution in [-0.4, -0.2) is 18.4 Å². The van der Waals surface area contributed by atoms with Gasteiger partial charge < -0.3 is 10.6 Å². The zero-order chi connectivity index (χ0) is 16.7. The molecule has 4 heteroatoms. The van der Waals surface area contributed by atoms with Crippen LogP contribution in [0.25, 0.3) is 0 Å². The molecule has 0 radical (unpaired) electrons. The van der Waals surface area contributed by atoms with E-state index in [1.54, 1.807) is 0 Å². The second kappa shape index (κ2) is 8.13. The van der Waals surface area contributed by atoms with Gasteiger partial charge >= 0.3 is 0 Å². The Morgan fingerprint density at radius 3 is 2.39 bits per heavy atom. The van der Waals surface area contributed by atoms with Crippen molar-refractivity contribution in [1.29, 1.82) is 0 Å². The molecule has 0 fully saturated rings. The van der Waals surface area contributed by atoms with Crippen LogP contribution in [0.1, 0.15) is 23.1 Å². The molecule has 2 amide bonds. The first-order chi connectivity index (χ1) is 11.1. The Labute approximate surface area is 136 Å². The highest BCUT2D eigenvalue weighted by atomic mass is 16.2. The van der Waals surface area contributed by atoms with Gasteiger partial charge in [-0.15, -0.1) is 0 Å². The lowest BCUT2D eigenvalue weighted by molar-refractivity contribution is -0.120. The fourth-order valence-corrected chi connectivity index (χ4v) is 2.26. The van der Waals surface area contributed by atoms with Crippen molar-refractivity contribution in [3.8, 4) is 0 Å². The van der Waals surface area contributed by atoms with E-state index in [1.165, 1.54) is 0 Å². The predicted octanol–water partition coefficient (Wildman–Crippen LogP) is 2.99. The van der Waals surface area contributed by atoms with Gasteiger partial charge in [-0.25, -0.2) is 0 Å². The third kappa shape index (κ3) is 5.25. The van der Waals surface area contributed by atoms with Crippen molar-refractivity contribution in [2.24, 2.45) is 0 Å². The van der Waals surface area contributed by atoms with E-state index in [0.717, 1.165) is 22.4 Å². The number of hydrogen-bond acceptors (Lipinski definition) is 2. The van der Waals surface area contributed by atoms with Gasteiger partial charge in [0.2, 0.25) is 11.8 Å². The highest BCUT2D eigenvalue weighted by Gasteiger charge is 2.07. The van der Waals surface area contributed by atoms with Crippen molar-refractivity contribution in [3.05, 3.63) is 65.2 Å². The Morgan fingerprint density at radius 1 is 0.913 bits per heavy atom. The Bertz CT molecular complexity index is 681. The van der Waals surface area contributed by atoms with E-state index in [-0.39, 0.29) is 18.2 Å². The third-order valence-electron chi connectivity index (χ3n) is 3.76. The minimum absolute atomic E-state index is 0.0734. The summed E-state index contributed by atoms with van der Waals surface area (Å²) in [6, 6.07) is 15.3. The van der Waals surface area contributed by atoms with Gasteiger partial charge in [0.1, 0.15) is 0 Å². The molecular formula is C19H22N2O2. The molecule has 2 rings (SSSR count). The summed E-state index contributed by atoms with van der Waals surface area (Å²) in [4.78, 5) is 23.8. The fourth-order valence-electron chi connectivity index (χ4n) is 2.26. The van der Waals surface area contributed by atoms with Gasteiger partial charge in [0.05, 0.1) is 6.42 Å². The van der Waals surface area contributed by atoms with E-state index in [4.69, 9.17) is 0 Å². The minimum Gasteiger partial charge on any atom is -0.355 e. The van der Waals surface area contributed by atoms with Crippen molar-refractivity contribution >= 4 is 17.5 Å². The van der Waals surface area contributed by atoms with Gasteiger partial charge in [0.15, 0.2) is 0 Å². The van der Waals surface area contributed by atoms with Gasteiger partial charge in [-0.2, -0.15) is 0 Å². The van der Waals surface area contributed by atoms with Crippen LogP contribution in [0.4, 0.5) is 5.69 Å². The molecule has 0 saturated heterocycles. The Balaban J connectivity index is 1.74. The summed E-state index contributed by atoms with van der Waals surface area (Å²) in [5.74, 6) is -0.172. The molecular weight excluding hydrogens is 288 g/mol. The van der Waals surface area contributed by atoms with Gasteiger partial charge in [-0.3, -0.25) is 9.59 Å². The van der Waals surface area contributed by atoms with Crippen molar-refractivity contribution in [1.82, 2.24) is 5.32 Å². The van der Waals surface area contributed by atoms with E-state index in [0.29, 0.717) is 13.0 Å². The lowest BCUT2D eigenvalue weighted by Crippen LogP contribution is -2.29. The van der Waals surface area contributed by atoms with Crippen LogP contribution in [0.2, 0.25) is 0 Å². The maximum absolute atomic E-state index is 12.0. The number of aryl methyl sites for hydroxylation is 1. The maximum Gasteiger partial charge on any atom is 0.226 e. The van der Waals surface area contributed by atoms with Crippen molar-refractivity contribution < 1.29 is 9.59 Å². The van der Waals surface area contributed by atoms with Crippen LogP contribution in [-0.2, 0) is 16.0 Å². The molecule has 0 unspecified atom stereocenters. The van der Waals surface area contributed by atoms with Gasteiger partial charge in [0, 0.05) is 18.7 Å². The molecule has 0 aliphatic rings. The summed E-state index contributed by atoms with van der Waals surface area (Å²) >= 11 is 0. The topological polar surface area (TPSA) is 58.2 Å². The summed E-state index contributed by atoms with van der Waals surface area (Å²) in [5, 5.41) is 5.66. The number of carbonyl (C=O) groups excluding carboxylic acids is 2. The highest BCUT2D eigenvalue weighted by molar-refractivity contribution is 5.92. The maximum atomic E-state index is 12.0. The summed E-state index contributed by atoms with van der Waals surface area (Å²) in [6.07, 6.45) is 0.591. The molecule has 2 aromatic carbocycles. The molecule has 120 valence electrons. The van der Waals surface area contributed by atoms with E-state index in [9.17, 15) is 9.59 Å². The number of benzene rings is 2. The fraction of sp³-hybridized carbons (Fsp3) is 0.263. The molecule has 0 aliphatic carbocycles. The van der Waals surface area contributed by atoms with E-state index in [1.807, 2.05) is 62.4 Å². The van der Waals surface area contributed by atoms with E-state index in [2.05, 4.69) is 10.6 Å². The second-order valence-corrected chi connectivity index (χ2v) is 5.56. The van der Waals surface area contributed by atoms with Gasteiger partial charge in [-0.1, -0.05) is 42.5 Å². The first kappa shape index (κ1) is 16.7. The predicted molar refractivity (Wildman–Crippen MR) is 92.3 cm³/mol. The smallest absolute Gasteiger partial charge is 0.226 e. The molecule has 0 saturated carbocycles. The number of amides is 2. The second-order valence-electron chi connectivity index (χ2n) is 5.56. The Morgan fingerprint density at radius 2 is 1.65 bits per heavy atom. The first-order valence-electron chi connectivity index (χ1n) is 7.73. The lowest BCUT2D eigenvalue weighted by atomic mass is 10.1. The molecule has 2 aromatic rings. The minimum atomic E-state index is -0.0984. The monoisotopic (exact) mass is 310 g/mol. The third-order valence-corrected chi connectivity index (χ3v) is 3.76. The van der Waals surface area contributed by atoms with Crippen LogP contribution >= 0.6 is 0 Å². The molecule has 0 bridgehead atoms. The molecule has 2 N–H and O–H groups in total. The summed E-state index contributed by atoms with van der Waals surface area (Å²) in [5.41, 5.74) is 3.99. The number of nitrogens with one attached hydrogen (secondary N) is 2. The largest absolute Gasteiger partial charge is 0.355 e. The number of rotatable bonds is 6. The highest BCUT2D eigenvalue weighted by Crippen LogP contribution is 2.17. The molecule has 0 aromatic heterocycles. The van der Waals surface area contributed by atoms with Crippen molar-refractivity contribution in [2.45, 2.75) is 26.7 Å². The molecule has 0 heterocycles. The normalized spacial score (nSPS) is 10.2. The standard InChI is InChI=1S/C19H22N2O2/c1-14-7-6-10-17(15(14)2)21-18(22)11-12-20-19(23)13-16-8-4-3-5-9-16/h3-10H,11-13H2,1-2H3,(H,20,23)(H,21,22). The summed E-state index contributed by atoms with van der Waals surface area (Å²) < 4.78 is 0. The van der Waals surface area contributed by atoms with Crippen molar-refractivity contribution in [3.63, 3.8) is 0 Å². The Hall–Kier alpha value is -2.62. The molecule has 0 aliphatic heterocycles. The molecule has 0 spiro atoms. The van der Waals surface area contributed by atoms with Crippen molar-refractivity contribution in [2.75, 3.05) is 11.9 Å². The Kier molecular flexibility index (Phi) is 5.92. The van der Waals surface area contributed by atoms with E-state index < -0.39 is 0 Å². The SMILES string of the molecule is Cc1cccc(NC(=O)CCNC(=O)Cc2ccccc2)c1C. The van der Waals surface area contributed by atoms with Crippen LogP contribution in [0.3, 0.4) is 0 Å². The molecule has 0 atom stereocenters. The lowest BCUT2D eigenvalue weighted by Gasteiger charge is -2.10. The average Bonchev–Trinajstić information content (AvgIpc) is 2.53. The van der Waals surface area contributed by atoms with Gasteiger partial charge in [0.25, 0.3) is 0 Å². The first-order valence-corrected chi connectivity index (χ1v) is 7.73. The quantitative estimate of drug-likeness (QED) is 0.862. The average molecular weight is 310 g/mol. The molecule has 4 nitrogen and oxygen atoms in total. The number of hydrogen-bond donors (Lipinski definition) is 2. The van der Waals surface area contributed by atoms with Crippen LogP contribution in [0.15, 0.2) is 48.5 Å². The van der Waals surface area contributed by atoms with Crippen LogP contribution < -0.4 is 10.6 Å².